The Kier molecular flexibility index (Phi) is 4.00. The number of pyridine rings is 1. The third kappa shape index (κ3) is 3.51. The summed E-state index contributed by atoms with van der Waals surface area (Å²) in [6.07, 6.45) is 4.20. The molecular weight excluding hydrogens is 266 g/mol. The van der Waals surface area contributed by atoms with E-state index in [1.165, 1.54) is 5.56 Å². The lowest BCUT2D eigenvalue weighted by Gasteiger charge is -2.25. The maximum atomic E-state index is 11.8. The highest BCUT2D eigenvalue weighted by molar-refractivity contribution is 5.89. The van der Waals surface area contributed by atoms with Crippen LogP contribution in [0.4, 0.5) is 10.5 Å². The number of rotatable bonds is 3. The second-order valence-electron chi connectivity index (χ2n) is 5.06. The number of para-hydroxylation sites is 1. The van der Waals surface area contributed by atoms with E-state index in [1.54, 1.807) is 24.5 Å². The summed E-state index contributed by atoms with van der Waals surface area (Å²) < 4.78 is 5.71. The highest BCUT2D eigenvalue weighted by Crippen LogP contribution is 2.26. The molecule has 0 radical (unpaired) electrons. The van der Waals surface area contributed by atoms with E-state index in [1.807, 2.05) is 18.2 Å². The number of hydrogen-bond acceptors (Lipinski definition) is 3. The molecule has 0 fully saturated rings. The Bertz CT molecular complexity index is 616. The molecule has 0 aliphatic carbocycles. The van der Waals surface area contributed by atoms with Gasteiger partial charge in [0.1, 0.15) is 5.75 Å². The zero-order chi connectivity index (χ0) is 14.5. The van der Waals surface area contributed by atoms with Gasteiger partial charge in [0.15, 0.2) is 0 Å². The molecule has 3 rings (SSSR count). The van der Waals surface area contributed by atoms with Crippen LogP contribution >= 0.6 is 0 Å². The Hall–Kier alpha value is -2.56. The summed E-state index contributed by atoms with van der Waals surface area (Å²) in [5.74, 6) is 1.25. The van der Waals surface area contributed by atoms with Gasteiger partial charge in [-0.3, -0.25) is 4.98 Å². The third-order valence-corrected chi connectivity index (χ3v) is 3.45. The van der Waals surface area contributed by atoms with Gasteiger partial charge in [0.2, 0.25) is 0 Å². The smallest absolute Gasteiger partial charge is 0.319 e. The summed E-state index contributed by atoms with van der Waals surface area (Å²) in [6, 6.07) is 11.3. The zero-order valence-corrected chi connectivity index (χ0v) is 11.6. The molecule has 0 saturated heterocycles. The maximum absolute atomic E-state index is 11.8. The monoisotopic (exact) mass is 283 g/mol. The van der Waals surface area contributed by atoms with E-state index in [4.69, 9.17) is 4.74 Å². The quantitative estimate of drug-likeness (QED) is 0.909. The minimum atomic E-state index is -0.208. The van der Waals surface area contributed by atoms with Crippen molar-refractivity contribution < 1.29 is 9.53 Å². The first kappa shape index (κ1) is 13.4. The van der Waals surface area contributed by atoms with Gasteiger partial charge in [-0.1, -0.05) is 18.2 Å². The van der Waals surface area contributed by atoms with Crippen molar-refractivity contribution in [3.05, 3.63) is 54.4 Å². The number of urea groups is 1. The lowest BCUT2D eigenvalue weighted by molar-refractivity contribution is 0.215. The summed E-state index contributed by atoms with van der Waals surface area (Å²) in [7, 11) is 0. The van der Waals surface area contributed by atoms with Crippen LogP contribution in [0.3, 0.4) is 0 Å². The van der Waals surface area contributed by atoms with Crippen LogP contribution in [0.5, 0.6) is 5.75 Å². The fourth-order valence-corrected chi connectivity index (χ4v) is 2.37. The molecule has 1 aliphatic heterocycles. The summed E-state index contributed by atoms with van der Waals surface area (Å²) in [5.41, 5.74) is 1.93. The van der Waals surface area contributed by atoms with Crippen LogP contribution in [-0.4, -0.2) is 24.2 Å². The molecule has 108 valence electrons. The molecule has 0 bridgehead atoms. The molecule has 1 aromatic heterocycles. The van der Waals surface area contributed by atoms with Gasteiger partial charge in [-0.15, -0.1) is 0 Å². The summed E-state index contributed by atoms with van der Waals surface area (Å²) >= 11 is 0. The molecule has 0 spiro atoms. The van der Waals surface area contributed by atoms with Gasteiger partial charge in [-0.25, -0.2) is 4.79 Å². The van der Waals surface area contributed by atoms with Crippen molar-refractivity contribution in [3.63, 3.8) is 0 Å². The van der Waals surface area contributed by atoms with Gasteiger partial charge in [0.05, 0.1) is 6.61 Å². The van der Waals surface area contributed by atoms with Gasteiger partial charge >= 0.3 is 6.03 Å². The largest absolute Gasteiger partial charge is 0.493 e. The Labute approximate surface area is 123 Å². The van der Waals surface area contributed by atoms with Crippen LogP contribution < -0.4 is 15.4 Å². The van der Waals surface area contributed by atoms with Crippen molar-refractivity contribution in [2.24, 2.45) is 5.92 Å². The van der Waals surface area contributed by atoms with Crippen molar-refractivity contribution in [2.45, 2.75) is 6.42 Å². The van der Waals surface area contributed by atoms with E-state index in [0.717, 1.165) is 17.9 Å². The SMILES string of the molecule is O=C(NCC1COc2ccccc2C1)Nc1ccncc1. The molecule has 1 aromatic carbocycles. The topological polar surface area (TPSA) is 63.2 Å². The number of carbonyl (C=O) groups excluding carboxylic acids is 1. The number of ether oxygens (including phenoxy) is 1. The van der Waals surface area contributed by atoms with Crippen LogP contribution in [0.1, 0.15) is 5.56 Å². The molecule has 1 unspecified atom stereocenters. The van der Waals surface area contributed by atoms with E-state index in [9.17, 15) is 4.79 Å². The minimum absolute atomic E-state index is 0.208. The fourth-order valence-electron chi connectivity index (χ4n) is 2.37. The van der Waals surface area contributed by atoms with Crippen molar-refractivity contribution in [1.82, 2.24) is 10.3 Å². The molecule has 2 heterocycles. The molecule has 5 heteroatoms. The number of hydrogen-bond donors (Lipinski definition) is 2. The van der Waals surface area contributed by atoms with Crippen LogP contribution in [-0.2, 0) is 6.42 Å². The number of benzene rings is 1. The van der Waals surface area contributed by atoms with E-state index in [0.29, 0.717) is 19.1 Å². The van der Waals surface area contributed by atoms with Crippen LogP contribution in [0.2, 0.25) is 0 Å². The average molecular weight is 283 g/mol. The highest BCUT2D eigenvalue weighted by atomic mass is 16.5. The van der Waals surface area contributed by atoms with E-state index < -0.39 is 0 Å². The van der Waals surface area contributed by atoms with Crippen molar-refractivity contribution in [3.8, 4) is 5.75 Å². The molecule has 1 aliphatic rings. The standard InChI is InChI=1S/C16H17N3O2/c20-16(19-14-5-7-17-8-6-14)18-10-12-9-13-3-1-2-4-15(13)21-11-12/h1-8,12H,9-11H2,(H2,17,18,19,20). The van der Waals surface area contributed by atoms with Crippen LogP contribution in [0, 0.1) is 5.92 Å². The lowest BCUT2D eigenvalue weighted by atomic mass is 9.97. The van der Waals surface area contributed by atoms with Crippen molar-refractivity contribution in [1.29, 1.82) is 0 Å². The second-order valence-corrected chi connectivity index (χ2v) is 5.06. The molecule has 5 nitrogen and oxygen atoms in total. The number of fused-ring (bicyclic) bond motifs is 1. The van der Waals surface area contributed by atoms with E-state index in [2.05, 4.69) is 21.7 Å². The number of carbonyl (C=O) groups is 1. The number of amides is 2. The Balaban J connectivity index is 1.49. The number of nitrogens with one attached hydrogen (secondary N) is 2. The lowest BCUT2D eigenvalue weighted by Crippen LogP contribution is -2.37. The van der Waals surface area contributed by atoms with Gasteiger partial charge in [-0.05, 0) is 30.2 Å². The van der Waals surface area contributed by atoms with Gasteiger partial charge in [0, 0.05) is 30.5 Å². The van der Waals surface area contributed by atoms with Gasteiger partial charge < -0.3 is 15.4 Å². The van der Waals surface area contributed by atoms with Crippen LogP contribution in [0.15, 0.2) is 48.8 Å². The summed E-state index contributed by atoms with van der Waals surface area (Å²) in [6.45, 7) is 1.22. The summed E-state index contributed by atoms with van der Waals surface area (Å²) in [4.78, 5) is 15.7. The van der Waals surface area contributed by atoms with E-state index >= 15 is 0 Å². The molecule has 1 atom stereocenters. The van der Waals surface area contributed by atoms with Crippen molar-refractivity contribution >= 4 is 11.7 Å². The van der Waals surface area contributed by atoms with Gasteiger partial charge in [0.25, 0.3) is 0 Å². The second kappa shape index (κ2) is 6.26. The molecule has 2 N–H and O–H groups in total. The third-order valence-electron chi connectivity index (χ3n) is 3.45. The maximum Gasteiger partial charge on any atom is 0.319 e. The average Bonchev–Trinajstić information content (AvgIpc) is 2.54. The first-order valence-electron chi connectivity index (χ1n) is 6.97. The van der Waals surface area contributed by atoms with Crippen LogP contribution in [0.25, 0.3) is 0 Å². The summed E-state index contributed by atoms with van der Waals surface area (Å²) in [5, 5.41) is 5.65. The molecule has 21 heavy (non-hydrogen) atoms. The number of anilines is 1. The molecule has 0 saturated carbocycles. The molecule has 2 amide bonds. The highest BCUT2D eigenvalue weighted by Gasteiger charge is 2.19. The van der Waals surface area contributed by atoms with Crippen molar-refractivity contribution in [2.75, 3.05) is 18.5 Å². The first-order chi connectivity index (χ1) is 10.3. The minimum Gasteiger partial charge on any atom is -0.493 e. The zero-order valence-electron chi connectivity index (χ0n) is 11.6. The van der Waals surface area contributed by atoms with E-state index in [-0.39, 0.29) is 6.03 Å². The normalized spacial score (nSPS) is 16.5. The Morgan fingerprint density at radius 3 is 2.90 bits per heavy atom. The Morgan fingerprint density at radius 2 is 2.05 bits per heavy atom. The number of aromatic nitrogens is 1. The Morgan fingerprint density at radius 1 is 1.24 bits per heavy atom. The number of nitrogens with zero attached hydrogens (tertiary/aromatic N) is 1. The molecule has 2 aromatic rings. The fraction of sp³-hybridized carbons (Fsp3) is 0.250. The first-order valence-corrected chi connectivity index (χ1v) is 6.97. The predicted molar refractivity (Wildman–Crippen MR) is 80.4 cm³/mol. The van der Waals surface area contributed by atoms with Gasteiger partial charge in [-0.2, -0.15) is 0 Å². The molecular formula is C16H17N3O2. The predicted octanol–water partition coefficient (Wildman–Crippen LogP) is 2.45.